The molecule has 0 aliphatic carbocycles. The van der Waals surface area contributed by atoms with Crippen LogP contribution in [0.2, 0.25) is 0 Å². The van der Waals surface area contributed by atoms with Crippen LogP contribution in [0, 0.1) is 0 Å². The normalized spacial score (nSPS) is 15.5. The second-order valence-corrected chi connectivity index (χ2v) is 16.5. The summed E-state index contributed by atoms with van der Waals surface area (Å²) in [6.07, 6.45) is 18.2. The number of benzene rings is 2. The van der Waals surface area contributed by atoms with Gasteiger partial charge in [0.15, 0.2) is 0 Å². The molecule has 0 amide bonds. The summed E-state index contributed by atoms with van der Waals surface area (Å²) in [5.41, 5.74) is 3.60. The number of hydrogen-bond donors (Lipinski definition) is 4. The van der Waals surface area contributed by atoms with Gasteiger partial charge in [-0.15, -0.1) is 25.3 Å². The Kier molecular flexibility index (Phi) is 22.2. The van der Waals surface area contributed by atoms with E-state index in [1.807, 2.05) is 36.4 Å². The molecule has 2 aromatic carbocycles. The molecule has 0 fully saturated rings. The van der Waals surface area contributed by atoms with Gasteiger partial charge < -0.3 is 24.5 Å². The molecule has 7 nitrogen and oxygen atoms in total. The van der Waals surface area contributed by atoms with Gasteiger partial charge in [0.05, 0.1) is 0 Å². The van der Waals surface area contributed by atoms with Crippen LogP contribution in [-0.4, -0.2) is 44.8 Å². The van der Waals surface area contributed by atoms with Gasteiger partial charge in [0.2, 0.25) is 0 Å². The van der Waals surface area contributed by atoms with E-state index in [1.165, 1.54) is 75.3 Å². The van der Waals surface area contributed by atoms with Gasteiger partial charge in [0.1, 0.15) is 9.74 Å². The second-order valence-electron chi connectivity index (χ2n) is 13.2. The van der Waals surface area contributed by atoms with Crippen molar-refractivity contribution in [1.29, 1.82) is 0 Å². The zero-order chi connectivity index (χ0) is 36.1. The van der Waals surface area contributed by atoms with Gasteiger partial charge in [-0.25, -0.2) is 0 Å². The van der Waals surface area contributed by atoms with Crippen LogP contribution in [0.3, 0.4) is 0 Å². The van der Waals surface area contributed by atoms with Crippen LogP contribution in [-0.2, 0) is 49.5 Å². The Morgan fingerprint density at radius 1 is 0.612 bits per heavy atom. The fraction of sp³-hybridized carbons (Fsp3) is 0.684. The van der Waals surface area contributed by atoms with Crippen molar-refractivity contribution in [2.24, 2.45) is 0 Å². The predicted molar refractivity (Wildman–Crippen MR) is 210 cm³/mol. The lowest BCUT2D eigenvalue weighted by Crippen LogP contribution is -2.45. The molecule has 0 aromatic heterocycles. The summed E-state index contributed by atoms with van der Waals surface area (Å²) in [4.78, 5) is -1.25. The summed E-state index contributed by atoms with van der Waals surface area (Å²) >= 11 is 4.53. The Morgan fingerprint density at radius 2 is 0.980 bits per heavy atom. The minimum atomic E-state index is -2.45. The summed E-state index contributed by atoms with van der Waals surface area (Å²) in [7, 11) is 3.32. The molecular weight excluding hydrogens is 693 g/mol. The van der Waals surface area contributed by atoms with Crippen LogP contribution in [0.25, 0.3) is 0 Å². The van der Waals surface area contributed by atoms with Gasteiger partial charge in [-0.2, -0.15) is 0 Å². The van der Waals surface area contributed by atoms with E-state index in [0.717, 1.165) is 25.7 Å². The summed E-state index contributed by atoms with van der Waals surface area (Å²) in [5, 5.41) is 6.11. The number of nitrogens with one attached hydrogen (secondary N) is 2. The fourth-order valence-corrected chi connectivity index (χ4v) is 9.30. The lowest BCUT2D eigenvalue weighted by Gasteiger charge is -2.37. The number of hydrogen-bond acceptors (Lipinski definition) is 9. The number of thiol groups is 2. The van der Waals surface area contributed by atoms with Crippen molar-refractivity contribution >= 4 is 47.4 Å². The predicted octanol–water partition coefficient (Wildman–Crippen LogP) is 8.85. The lowest BCUT2D eigenvalue weighted by atomic mass is 9.97. The smallest absolute Gasteiger partial charge is 0.108 e. The molecule has 0 bridgehead atoms. The Labute approximate surface area is 313 Å². The monoisotopic (exact) mass is 754 g/mol. The quantitative estimate of drug-likeness (QED) is 0.0390. The number of aryl methyl sites for hydroxylation is 2. The van der Waals surface area contributed by atoms with E-state index in [-0.39, 0.29) is 0 Å². The highest BCUT2D eigenvalue weighted by Crippen LogP contribution is 2.36. The molecule has 2 rings (SSSR count). The highest BCUT2D eigenvalue weighted by atomic mass is 32.2. The van der Waals surface area contributed by atoms with Crippen LogP contribution in [0.1, 0.15) is 139 Å². The molecule has 0 saturated carbocycles. The first-order valence-corrected chi connectivity index (χ1v) is 21.4. The van der Waals surface area contributed by atoms with Crippen LogP contribution in [0.15, 0.2) is 46.2 Å². The first kappa shape index (κ1) is 44.4. The van der Waals surface area contributed by atoms with Crippen molar-refractivity contribution in [2.45, 2.75) is 149 Å². The molecule has 11 heteroatoms. The van der Waals surface area contributed by atoms with Crippen molar-refractivity contribution < 1.29 is 22.3 Å². The van der Waals surface area contributed by atoms with E-state index < -0.39 is 31.9 Å². The van der Waals surface area contributed by atoms with E-state index in [0.29, 0.717) is 59.8 Å². The fourth-order valence-electron chi connectivity index (χ4n) is 6.62. The highest BCUT2D eigenvalue weighted by molar-refractivity contribution is 7.81. The Hall–Kier alpha value is -0.760. The second kappa shape index (κ2) is 24.5. The van der Waals surface area contributed by atoms with Crippen LogP contribution in [0.4, 0.5) is 0 Å². The van der Waals surface area contributed by atoms with Crippen molar-refractivity contribution in [3.05, 3.63) is 58.7 Å². The molecular formula is C38H62N2O5S4-2. The molecule has 0 heterocycles. The van der Waals surface area contributed by atoms with Gasteiger partial charge >= 0.3 is 0 Å². The average molecular weight is 755 g/mol. The summed E-state index contributed by atoms with van der Waals surface area (Å²) < 4.78 is 56.4. The Bertz CT molecular complexity index is 1190. The van der Waals surface area contributed by atoms with E-state index in [2.05, 4.69) is 24.5 Å². The maximum atomic E-state index is 12.6. The molecule has 0 aliphatic heterocycles. The SMILES string of the molecule is CCCCCCCCc1ccc(C(CCCOCCCC(NC)(c2ccc(CCCCCCCC)cc2S)S(=O)[O-])(NC)S(=O)[O-])c(S)c1. The number of unbranched alkanes of at least 4 members (excludes halogenated alkanes) is 10. The molecule has 280 valence electrons. The van der Waals surface area contributed by atoms with Crippen molar-refractivity contribution in [3.8, 4) is 0 Å². The van der Waals surface area contributed by atoms with Crippen LogP contribution >= 0.6 is 25.3 Å². The minimum Gasteiger partial charge on any atom is -0.771 e. The van der Waals surface area contributed by atoms with Crippen molar-refractivity contribution in [3.63, 3.8) is 0 Å². The molecule has 0 saturated heterocycles. The van der Waals surface area contributed by atoms with Gasteiger partial charge in [-0.1, -0.05) is 102 Å². The lowest BCUT2D eigenvalue weighted by molar-refractivity contribution is 0.119. The number of rotatable bonds is 28. The van der Waals surface area contributed by atoms with Gasteiger partial charge in [-0.3, -0.25) is 8.42 Å². The first-order chi connectivity index (χ1) is 23.6. The topological polar surface area (TPSA) is 114 Å². The maximum Gasteiger partial charge on any atom is 0.108 e. The highest BCUT2D eigenvalue weighted by Gasteiger charge is 2.35. The van der Waals surface area contributed by atoms with Crippen molar-refractivity contribution in [1.82, 2.24) is 10.6 Å². The minimum absolute atomic E-state index is 0.309. The van der Waals surface area contributed by atoms with Gasteiger partial charge in [0.25, 0.3) is 0 Å². The third kappa shape index (κ3) is 14.0. The van der Waals surface area contributed by atoms with E-state index in [9.17, 15) is 17.5 Å². The Balaban J connectivity index is 1.93. The molecule has 2 N–H and O–H groups in total. The maximum absolute atomic E-state index is 12.6. The number of ether oxygens (including phenoxy) is 1. The first-order valence-electron chi connectivity index (χ1n) is 18.4. The summed E-state index contributed by atoms with van der Waals surface area (Å²) in [5.74, 6) is 0. The third-order valence-electron chi connectivity index (χ3n) is 9.64. The average Bonchev–Trinajstić information content (AvgIpc) is 3.08. The van der Waals surface area contributed by atoms with E-state index >= 15 is 0 Å². The van der Waals surface area contributed by atoms with Gasteiger partial charge in [-0.05, 0) is 122 Å². The summed E-state index contributed by atoms with van der Waals surface area (Å²) in [6, 6.07) is 11.8. The third-order valence-corrected chi connectivity index (χ3v) is 12.8. The van der Waals surface area contributed by atoms with Crippen LogP contribution < -0.4 is 10.6 Å². The molecule has 0 aliphatic rings. The zero-order valence-electron chi connectivity index (χ0n) is 30.4. The molecule has 0 spiro atoms. The van der Waals surface area contributed by atoms with Crippen molar-refractivity contribution in [2.75, 3.05) is 27.3 Å². The van der Waals surface area contributed by atoms with E-state index in [1.54, 1.807) is 14.1 Å². The standard InChI is InChI=1S/C38H64N2O5S4/c1-5-7-9-11-13-15-19-31-21-23-33(35(46)29-31)37(39-3,48(41)42)25-17-27-45-28-18-26-38(40-4,49(43)44)34-24-22-32(30-36(34)47)20-16-14-12-10-8-6-2/h21-24,29-30,39-40,46-47H,5-20,25-28H2,1-4H3,(H,41,42)(H,43,44)/p-2. The zero-order valence-corrected chi connectivity index (χ0v) is 33.8. The molecule has 4 unspecified atom stereocenters. The van der Waals surface area contributed by atoms with Crippen LogP contribution in [0.5, 0.6) is 0 Å². The molecule has 49 heavy (non-hydrogen) atoms. The van der Waals surface area contributed by atoms with E-state index in [4.69, 9.17) is 30.0 Å². The molecule has 4 atom stereocenters. The van der Waals surface area contributed by atoms with Gasteiger partial charge in [0, 0.05) is 23.0 Å². The summed E-state index contributed by atoms with van der Waals surface area (Å²) in [6.45, 7) is 5.13. The largest absolute Gasteiger partial charge is 0.771 e. The molecule has 2 aromatic rings. The molecule has 0 radical (unpaired) electrons. The Morgan fingerprint density at radius 3 is 1.31 bits per heavy atom.